The van der Waals surface area contributed by atoms with Crippen LogP contribution in [0.25, 0.3) is 5.69 Å². The summed E-state index contributed by atoms with van der Waals surface area (Å²) in [6.45, 7) is 3.63. The maximum absolute atomic E-state index is 12.8. The Morgan fingerprint density at radius 1 is 1.33 bits per heavy atom. The van der Waals surface area contributed by atoms with Crippen LogP contribution in [0.2, 0.25) is 0 Å². The minimum absolute atomic E-state index is 0.327. The fourth-order valence-corrected chi connectivity index (χ4v) is 3.21. The van der Waals surface area contributed by atoms with Gasteiger partial charge < -0.3 is 20.0 Å². The number of esters is 1. The Hall–Kier alpha value is -3.13. The van der Waals surface area contributed by atoms with Crippen molar-refractivity contribution in [3.8, 4) is 5.69 Å². The molecule has 3 N–H and O–H groups in total. The SMILES string of the molecule is CCc1[nH]c(C(=O)Nc2cccc(-n3cc[nH]c3=S)c2)c(C)c1C(=O)OC. The standard InChI is InChI=1S/C19H20N4O3S/c1-4-14-15(18(25)26-3)11(2)16(22-14)17(24)21-12-6-5-7-13(10-12)23-9-8-20-19(23)27/h5-10,22H,4H2,1-3H3,(H,20,27)(H,21,24). The number of aryl methyl sites for hydroxylation is 1. The third-order valence-electron chi connectivity index (χ3n) is 4.33. The maximum Gasteiger partial charge on any atom is 0.339 e. The Bertz CT molecular complexity index is 1060. The highest BCUT2D eigenvalue weighted by Crippen LogP contribution is 2.22. The van der Waals surface area contributed by atoms with Crippen molar-refractivity contribution >= 4 is 29.8 Å². The van der Waals surface area contributed by atoms with Gasteiger partial charge in [0.25, 0.3) is 5.91 Å². The molecule has 8 heteroatoms. The molecule has 27 heavy (non-hydrogen) atoms. The number of carbonyl (C=O) groups excluding carboxylic acids is 2. The van der Waals surface area contributed by atoms with Crippen LogP contribution in [0.1, 0.15) is 39.0 Å². The van der Waals surface area contributed by atoms with Crippen LogP contribution in [0, 0.1) is 11.7 Å². The van der Waals surface area contributed by atoms with Crippen LogP contribution in [0.3, 0.4) is 0 Å². The third kappa shape index (κ3) is 3.56. The molecule has 0 spiro atoms. The highest BCUT2D eigenvalue weighted by atomic mass is 32.1. The van der Waals surface area contributed by atoms with Gasteiger partial charge in [-0.05, 0) is 49.3 Å². The normalized spacial score (nSPS) is 10.6. The van der Waals surface area contributed by atoms with Gasteiger partial charge in [0.15, 0.2) is 4.77 Å². The summed E-state index contributed by atoms with van der Waals surface area (Å²) in [7, 11) is 1.32. The molecule has 0 fully saturated rings. The molecule has 0 radical (unpaired) electrons. The molecule has 0 aliphatic heterocycles. The first kappa shape index (κ1) is 18.7. The summed E-state index contributed by atoms with van der Waals surface area (Å²) in [6, 6.07) is 7.34. The van der Waals surface area contributed by atoms with Crippen LogP contribution in [-0.4, -0.2) is 33.5 Å². The number of aromatic amines is 2. The molecule has 1 aromatic carbocycles. The topological polar surface area (TPSA) is 91.9 Å². The van der Waals surface area contributed by atoms with Crippen LogP contribution in [0.5, 0.6) is 0 Å². The van der Waals surface area contributed by atoms with Gasteiger partial charge in [0.05, 0.1) is 12.7 Å². The monoisotopic (exact) mass is 384 g/mol. The second kappa shape index (κ2) is 7.63. The van der Waals surface area contributed by atoms with Crippen molar-refractivity contribution in [2.75, 3.05) is 12.4 Å². The molecule has 0 atom stereocenters. The summed E-state index contributed by atoms with van der Waals surface area (Å²) < 4.78 is 7.20. The minimum atomic E-state index is -0.455. The second-order valence-electron chi connectivity index (χ2n) is 5.96. The molecule has 0 bridgehead atoms. The van der Waals surface area contributed by atoms with Crippen molar-refractivity contribution in [3.05, 3.63) is 63.9 Å². The Kier molecular flexibility index (Phi) is 5.27. The summed E-state index contributed by atoms with van der Waals surface area (Å²) in [5.41, 5.74) is 3.45. The van der Waals surface area contributed by atoms with E-state index in [9.17, 15) is 9.59 Å². The van der Waals surface area contributed by atoms with Gasteiger partial charge in [0, 0.05) is 29.5 Å². The molecule has 0 aliphatic rings. The summed E-state index contributed by atoms with van der Waals surface area (Å²) in [5, 5.41) is 2.86. The number of methoxy groups -OCH3 is 1. The van der Waals surface area contributed by atoms with Crippen LogP contribution in [0.15, 0.2) is 36.7 Å². The van der Waals surface area contributed by atoms with E-state index in [1.165, 1.54) is 7.11 Å². The highest BCUT2D eigenvalue weighted by molar-refractivity contribution is 7.71. The first-order chi connectivity index (χ1) is 13.0. The molecule has 7 nitrogen and oxygen atoms in total. The molecule has 1 amide bonds. The minimum Gasteiger partial charge on any atom is -0.465 e. The number of nitrogens with one attached hydrogen (secondary N) is 3. The maximum atomic E-state index is 12.8. The Labute approximate surface area is 161 Å². The molecule has 3 aromatic rings. The lowest BCUT2D eigenvalue weighted by Crippen LogP contribution is -2.14. The van der Waals surface area contributed by atoms with Gasteiger partial charge in [-0.25, -0.2) is 4.79 Å². The number of nitrogens with zero attached hydrogens (tertiary/aromatic N) is 1. The molecule has 3 rings (SSSR count). The van der Waals surface area contributed by atoms with E-state index in [0.29, 0.717) is 39.4 Å². The van der Waals surface area contributed by atoms with Crippen molar-refractivity contribution in [1.29, 1.82) is 0 Å². The number of hydrogen-bond acceptors (Lipinski definition) is 4. The van der Waals surface area contributed by atoms with Crippen molar-refractivity contribution < 1.29 is 14.3 Å². The number of rotatable bonds is 5. The van der Waals surface area contributed by atoms with Gasteiger partial charge in [-0.1, -0.05) is 13.0 Å². The molecule has 0 aliphatic carbocycles. The van der Waals surface area contributed by atoms with Crippen LogP contribution in [-0.2, 0) is 11.2 Å². The predicted molar refractivity (Wildman–Crippen MR) is 105 cm³/mol. The number of hydrogen-bond donors (Lipinski definition) is 3. The predicted octanol–water partition coefficient (Wildman–Crippen LogP) is 3.77. The molecule has 2 aromatic heterocycles. The van der Waals surface area contributed by atoms with Crippen molar-refractivity contribution in [1.82, 2.24) is 14.5 Å². The van der Waals surface area contributed by atoms with Gasteiger partial charge in [0.1, 0.15) is 5.69 Å². The molecule has 0 unspecified atom stereocenters. The van der Waals surface area contributed by atoms with Gasteiger partial charge in [-0.3, -0.25) is 9.36 Å². The molecule has 0 saturated heterocycles. The van der Waals surface area contributed by atoms with E-state index in [0.717, 1.165) is 5.69 Å². The van der Waals surface area contributed by atoms with Gasteiger partial charge in [-0.15, -0.1) is 0 Å². The zero-order chi connectivity index (χ0) is 19.6. The zero-order valence-corrected chi connectivity index (χ0v) is 16.1. The molecular weight excluding hydrogens is 364 g/mol. The van der Waals surface area contributed by atoms with E-state index in [-0.39, 0.29) is 5.91 Å². The Morgan fingerprint density at radius 2 is 2.11 bits per heavy atom. The Balaban J connectivity index is 1.91. The van der Waals surface area contributed by atoms with Gasteiger partial charge >= 0.3 is 5.97 Å². The molecule has 140 valence electrons. The molecule has 2 heterocycles. The van der Waals surface area contributed by atoms with Crippen LogP contribution < -0.4 is 5.32 Å². The van der Waals surface area contributed by atoms with Gasteiger partial charge in [0.2, 0.25) is 0 Å². The van der Waals surface area contributed by atoms with E-state index < -0.39 is 5.97 Å². The van der Waals surface area contributed by atoms with Crippen LogP contribution in [0.4, 0.5) is 5.69 Å². The van der Waals surface area contributed by atoms with E-state index in [1.807, 2.05) is 31.3 Å². The lowest BCUT2D eigenvalue weighted by Gasteiger charge is -2.08. The van der Waals surface area contributed by atoms with Gasteiger partial charge in [-0.2, -0.15) is 0 Å². The number of ether oxygens (including phenoxy) is 1. The van der Waals surface area contributed by atoms with E-state index >= 15 is 0 Å². The first-order valence-corrected chi connectivity index (χ1v) is 8.84. The number of imidazole rings is 1. The summed E-state index contributed by atoms with van der Waals surface area (Å²) in [5.74, 6) is -0.782. The van der Waals surface area contributed by atoms with E-state index in [2.05, 4.69) is 15.3 Å². The largest absolute Gasteiger partial charge is 0.465 e. The number of amides is 1. The van der Waals surface area contributed by atoms with E-state index in [4.69, 9.17) is 17.0 Å². The quantitative estimate of drug-likeness (QED) is 0.461. The van der Waals surface area contributed by atoms with Crippen LogP contribution >= 0.6 is 12.2 Å². The smallest absolute Gasteiger partial charge is 0.339 e. The third-order valence-corrected chi connectivity index (χ3v) is 4.64. The summed E-state index contributed by atoms with van der Waals surface area (Å²) >= 11 is 5.23. The Morgan fingerprint density at radius 3 is 2.74 bits per heavy atom. The van der Waals surface area contributed by atoms with Crippen molar-refractivity contribution in [2.45, 2.75) is 20.3 Å². The van der Waals surface area contributed by atoms with Crippen molar-refractivity contribution in [2.24, 2.45) is 0 Å². The number of carbonyl (C=O) groups is 2. The number of benzene rings is 1. The fraction of sp³-hybridized carbons (Fsp3) is 0.211. The lowest BCUT2D eigenvalue weighted by molar-refractivity contribution is 0.0599. The molecular formula is C19H20N4O3S. The summed E-state index contributed by atoms with van der Waals surface area (Å²) in [6.07, 6.45) is 4.14. The molecule has 0 saturated carbocycles. The average Bonchev–Trinajstić information content (AvgIpc) is 3.24. The second-order valence-corrected chi connectivity index (χ2v) is 6.35. The summed E-state index contributed by atoms with van der Waals surface area (Å²) in [4.78, 5) is 30.8. The van der Waals surface area contributed by atoms with E-state index in [1.54, 1.807) is 23.8 Å². The first-order valence-electron chi connectivity index (χ1n) is 8.43. The average molecular weight is 384 g/mol. The van der Waals surface area contributed by atoms with Crippen molar-refractivity contribution in [3.63, 3.8) is 0 Å². The highest BCUT2D eigenvalue weighted by Gasteiger charge is 2.23. The zero-order valence-electron chi connectivity index (χ0n) is 15.3. The number of H-pyrrole nitrogens is 2. The number of anilines is 1. The number of aromatic nitrogens is 3. The lowest BCUT2D eigenvalue weighted by atomic mass is 10.1. The fourth-order valence-electron chi connectivity index (χ4n) is 2.98.